The summed E-state index contributed by atoms with van der Waals surface area (Å²) in [7, 11) is 0. The maximum Gasteiger partial charge on any atom is 0.0459 e. The van der Waals surface area contributed by atoms with Crippen LogP contribution >= 0.6 is 15.9 Å². The zero-order valence-electron chi connectivity index (χ0n) is 12.5. The zero-order valence-corrected chi connectivity index (χ0v) is 14.0. The SMILES string of the molecule is BrCCC(c1ccccc1)(c1ccccc1)c1ccccc1. The molecule has 0 heterocycles. The van der Waals surface area contributed by atoms with Gasteiger partial charge in [0, 0.05) is 10.7 Å². The second-order valence-corrected chi connectivity index (χ2v) is 6.24. The zero-order chi connectivity index (χ0) is 15.3. The molecular weight excluding hydrogens is 332 g/mol. The summed E-state index contributed by atoms with van der Waals surface area (Å²) < 4.78 is 0. The van der Waals surface area contributed by atoms with Crippen molar-refractivity contribution in [2.45, 2.75) is 11.8 Å². The fourth-order valence-electron chi connectivity index (χ4n) is 3.24. The van der Waals surface area contributed by atoms with Gasteiger partial charge in [0.2, 0.25) is 0 Å². The highest BCUT2D eigenvalue weighted by molar-refractivity contribution is 9.09. The first-order chi connectivity index (χ1) is 10.9. The molecule has 3 aromatic carbocycles. The Hall–Kier alpha value is -1.86. The second-order valence-electron chi connectivity index (χ2n) is 5.44. The van der Waals surface area contributed by atoms with E-state index in [9.17, 15) is 0 Å². The first kappa shape index (κ1) is 15.1. The number of alkyl halides is 1. The van der Waals surface area contributed by atoms with Gasteiger partial charge in [-0.2, -0.15) is 0 Å². The Morgan fingerprint density at radius 1 is 0.545 bits per heavy atom. The van der Waals surface area contributed by atoms with Crippen LogP contribution in [0.3, 0.4) is 0 Å². The highest BCUT2D eigenvalue weighted by Gasteiger charge is 2.35. The monoisotopic (exact) mass is 350 g/mol. The largest absolute Gasteiger partial charge is 0.0927 e. The van der Waals surface area contributed by atoms with E-state index in [0.717, 1.165) is 11.8 Å². The van der Waals surface area contributed by atoms with Gasteiger partial charge in [-0.1, -0.05) is 107 Å². The molecule has 22 heavy (non-hydrogen) atoms. The Morgan fingerprint density at radius 3 is 1.14 bits per heavy atom. The van der Waals surface area contributed by atoms with Gasteiger partial charge in [-0.3, -0.25) is 0 Å². The summed E-state index contributed by atoms with van der Waals surface area (Å²) >= 11 is 3.68. The third-order valence-electron chi connectivity index (χ3n) is 4.27. The van der Waals surface area contributed by atoms with Crippen molar-refractivity contribution in [2.75, 3.05) is 5.33 Å². The van der Waals surface area contributed by atoms with Crippen LogP contribution < -0.4 is 0 Å². The lowest BCUT2D eigenvalue weighted by molar-refractivity contribution is 0.601. The third-order valence-corrected chi connectivity index (χ3v) is 4.67. The molecule has 0 radical (unpaired) electrons. The Morgan fingerprint density at radius 2 is 0.864 bits per heavy atom. The van der Waals surface area contributed by atoms with Crippen molar-refractivity contribution in [3.8, 4) is 0 Å². The fourth-order valence-corrected chi connectivity index (χ4v) is 3.84. The molecule has 0 saturated carbocycles. The van der Waals surface area contributed by atoms with Crippen LogP contribution in [0.4, 0.5) is 0 Å². The van der Waals surface area contributed by atoms with Crippen molar-refractivity contribution in [3.05, 3.63) is 108 Å². The van der Waals surface area contributed by atoms with Crippen LogP contribution in [0.15, 0.2) is 91.0 Å². The van der Waals surface area contributed by atoms with Crippen molar-refractivity contribution in [1.29, 1.82) is 0 Å². The van der Waals surface area contributed by atoms with Gasteiger partial charge in [0.25, 0.3) is 0 Å². The topological polar surface area (TPSA) is 0 Å². The summed E-state index contributed by atoms with van der Waals surface area (Å²) in [5.74, 6) is 0. The first-order valence-electron chi connectivity index (χ1n) is 7.60. The van der Waals surface area contributed by atoms with Gasteiger partial charge in [0.05, 0.1) is 0 Å². The molecular formula is C21H19Br. The number of halogens is 1. The molecule has 1 heteroatoms. The molecule has 0 bridgehead atoms. The van der Waals surface area contributed by atoms with Gasteiger partial charge in [-0.15, -0.1) is 0 Å². The number of hydrogen-bond acceptors (Lipinski definition) is 0. The van der Waals surface area contributed by atoms with Gasteiger partial charge in [0.15, 0.2) is 0 Å². The Labute approximate surface area is 141 Å². The summed E-state index contributed by atoms with van der Waals surface area (Å²) in [6.07, 6.45) is 1.02. The standard InChI is InChI=1S/C21H19Br/c22-17-16-21(18-10-4-1-5-11-18,19-12-6-2-7-13-19)20-14-8-3-9-15-20/h1-15H,16-17H2. The van der Waals surface area contributed by atoms with Crippen LogP contribution in [0.5, 0.6) is 0 Å². The number of rotatable bonds is 5. The van der Waals surface area contributed by atoms with E-state index in [4.69, 9.17) is 0 Å². The smallest absolute Gasteiger partial charge is 0.0459 e. The Kier molecular flexibility index (Phi) is 4.74. The summed E-state index contributed by atoms with van der Waals surface area (Å²) in [5.41, 5.74) is 3.90. The second kappa shape index (κ2) is 6.93. The van der Waals surface area contributed by atoms with E-state index < -0.39 is 0 Å². The molecule has 0 spiro atoms. The molecule has 0 fully saturated rings. The average molecular weight is 351 g/mol. The van der Waals surface area contributed by atoms with Crippen LogP contribution in [0, 0.1) is 0 Å². The van der Waals surface area contributed by atoms with E-state index in [0.29, 0.717) is 0 Å². The van der Waals surface area contributed by atoms with Gasteiger partial charge in [-0.25, -0.2) is 0 Å². The molecule has 0 nitrogen and oxygen atoms in total. The summed E-state index contributed by atoms with van der Waals surface area (Å²) in [6, 6.07) is 32.5. The maximum absolute atomic E-state index is 3.68. The summed E-state index contributed by atoms with van der Waals surface area (Å²) in [4.78, 5) is 0. The van der Waals surface area contributed by atoms with Gasteiger partial charge >= 0.3 is 0 Å². The summed E-state index contributed by atoms with van der Waals surface area (Å²) in [5, 5.41) is 0.950. The van der Waals surface area contributed by atoms with E-state index in [-0.39, 0.29) is 5.41 Å². The molecule has 0 aromatic heterocycles. The molecule has 0 saturated heterocycles. The van der Waals surface area contributed by atoms with E-state index in [1.807, 2.05) is 0 Å². The van der Waals surface area contributed by atoms with Crippen LogP contribution in [-0.2, 0) is 5.41 Å². The van der Waals surface area contributed by atoms with Crippen LogP contribution in [0.1, 0.15) is 23.1 Å². The number of benzene rings is 3. The molecule has 0 aliphatic carbocycles. The van der Waals surface area contributed by atoms with Crippen LogP contribution in [-0.4, -0.2) is 5.33 Å². The number of hydrogen-bond donors (Lipinski definition) is 0. The molecule has 110 valence electrons. The third kappa shape index (κ3) is 2.74. The predicted octanol–water partition coefficient (Wildman–Crippen LogP) is 5.81. The van der Waals surface area contributed by atoms with Crippen molar-refractivity contribution in [1.82, 2.24) is 0 Å². The molecule has 0 aliphatic heterocycles. The first-order valence-corrected chi connectivity index (χ1v) is 8.72. The molecule has 3 aromatic rings. The van der Waals surface area contributed by atoms with Crippen LogP contribution in [0.2, 0.25) is 0 Å². The minimum Gasteiger partial charge on any atom is -0.0927 e. The quantitative estimate of drug-likeness (QED) is 0.402. The summed E-state index contributed by atoms with van der Waals surface area (Å²) in [6.45, 7) is 0. The minimum atomic E-state index is -0.118. The van der Waals surface area contributed by atoms with E-state index in [1.165, 1.54) is 16.7 Å². The molecule has 0 N–H and O–H groups in total. The lowest BCUT2D eigenvalue weighted by Gasteiger charge is -2.35. The van der Waals surface area contributed by atoms with Crippen molar-refractivity contribution >= 4 is 15.9 Å². The van der Waals surface area contributed by atoms with Crippen molar-refractivity contribution in [2.24, 2.45) is 0 Å². The maximum atomic E-state index is 3.68. The Bertz CT molecular complexity index is 593. The molecule has 0 amide bonds. The molecule has 0 aliphatic rings. The highest BCUT2D eigenvalue weighted by Crippen LogP contribution is 2.42. The fraction of sp³-hybridized carbons (Fsp3) is 0.143. The molecule has 0 unspecified atom stereocenters. The van der Waals surface area contributed by atoms with E-state index in [2.05, 4.69) is 107 Å². The van der Waals surface area contributed by atoms with Gasteiger partial charge in [0.1, 0.15) is 0 Å². The van der Waals surface area contributed by atoms with Crippen molar-refractivity contribution < 1.29 is 0 Å². The minimum absolute atomic E-state index is 0.118. The van der Waals surface area contributed by atoms with Gasteiger partial charge < -0.3 is 0 Å². The molecule has 0 atom stereocenters. The highest BCUT2D eigenvalue weighted by atomic mass is 79.9. The van der Waals surface area contributed by atoms with E-state index in [1.54, 1.807) is 0 Å². The Balaban J connectivity index is 2.29. The predicted molar refractivity (Wildman–Crippen MR) is 97.6 cm³/mol. The normalized spacial score (nSPS) is 11.3. The van der Waals surface area contributed by atoms with Gasteiger partial charge in [-0.05, 0) is 23.1 Å². The van der Waals surface area contributed by atoms with E-state index >= 15 is 0 Å². The molecule has 3 rings (SSSR count). The average Bonchev–Trinajstić information content (AvgIpc) is 2.62. The van der Waals surface area contributed by atoms with Crippen LogP contribution in [0.25, 0.3) is 0 Å². The lowest BCUT2D eigenvalue weighted by Crippen LogP contribution is -2.30. The lowest BCUT2D eigenvalue weighted by atomic mass is 9.68. The van der Waals surface area contributed by atoms with Crippen molar-refractivity contribution in [3.63, 3.8) is 0 Å².